The lowest BCUT2D eigenvalue weighted by atomic mass is 10.1. The number of hydrazine groups is 1. The molecule has 0 saturated carbocycles. The number of fused-ring (bicyclic) bond motifs is 1. The van der Waals surface area contributed by atoms with Crippen molar-refractivity contribution in [2.24, 2.45) is 0 Å². The van der Waals surface area contributed by atoms with Crippen molar-refractivity contribution in [2.45, 2.75) is 6.92 Å². The molecule has 156 valence electrons. The maximum absolute atomic E-state index is 12.3. The lowest BCUT2D eigenvalue weighted by Crippen LogP contribution is -2.43. The fraction of sp³-hybridized carbons (Fsp3) is 0.217. The molecule has 0 radical (unpaired) electrons. The second-order valence-corrected chi connectivity index (χ2v) is 6.34. The molecule has 2 amide bonds. The van der Waals surface area contributed by atoms with E-state index in [-0.39, 0.29) is 6.61 Å². The molecule has 0 aliphatic heterocycles. The average molecular weight is 408 g/mol. The number of hydrogen-bond donors (Lipinski definition) is 2. The zero-order chi connectivity index (χ0) is 21.2. The average Bonchev–Trinajstić information content (AvgIpc) is 2.79. The highest BCUT2D eigenvalue weighted by molar-refractivity contribution is 5.96. The first-order valence-corrected chi connectivity index (χ1v) is 9.67. The number of carbonyl (C=O) groups excluding carboxylic acids is 2. The summed E-state index contributed by atoms with van der Waals surface area (Å²) in [6.07, 6.45) is 0. The number of benzene rings is 3. The van der Waals surface area contributed by atoms with E-state index >= 15 is 0 Å². The van der Waals surface area contributed by atoms with E-state index in [2.05, 4.69) is 10.9 Å². The van der Waals surface area contributed by atoms with Gasteiger partial charge in [-0.2, -0.15) is 0 Å². The maximum atomic E-state index is 12.3. The van der Waals surface area contributed by atoms with Gasteiger partial charge in [0.15, 0.2) is 6.61 Å². The lowest BCUT2D eigenvalue weighted by Gasteiger charge is -2.11. The van der Waals surface area contributed by atoms with Crippen LogP contribution in [0.15, 0.2) is 66.7 Å². The molecule has 0 saturated heterocycles. The number of carbonyl (C=O) groups is 2. The Bertz CT molecular complexity index is 1000. The zero-order valence-corrected chi connectivity index (χ0v) is 16.7. The largest absolute Gasteiger partial charge is 0.491 e. The molecule has 3 rings (SSSR count). The zero-order valence-electron chi connectivity index (χ0n) is 16.7. The molecule has 0 unspecified atom stereocenters. The van der Waals surface area contributed by atoms with Crippen LogP contribution in [0.3, 0.4) is 0 Å². The molecule has 0 aliphatic rings. The topological polar surface area (TPSA) is 85.9 Å². The van der Waals surface area contributed by atoms with Crippen LogP contribution in [0, 0.1) is 0 Å². The van der Waals surface area contributed by atoms with Crippen LogP contribution in [0.25, 0.3) is 10.8 Å². The molecular weight excluding hydrogens is 384 g/mol. The van der Waals surface area contributed by atoms with Gasteiger partial charge in [-0.15, -0.1) is 0 Å². The van der Waals surface area contributed by atoms with E-state index in [1.165, 1.54) is 0 Å². The van der Waals surface area contributed by atoms with Gasteiger partial charge in [0.25, 0.3) is 11.8 Å². The Labute approximate surface area is 174 Å². The molecule has 7 nitrogen and oxygen atoms in total. The van der Waals surface area contributed by atoms with E-state index in [0.29, 0.717) is 36.9 Å². The maximum Gasteiger partial charge on any atom is 0.276 e. The van der Waals surface area contributed by atoms with Gasteiger partial charge < -0.3 is 14.2 Å². The van der Waals surface area contributed by atoms with Crippen molar-refractivity contribution in [1.29, 1.82) is 0 Å². The van der Waals surface area contributed by atoms with Gasteiger partial charge in [-0.05, 0) is 36.6 Å². The Morgan fingerprint density at radius 3 is 2.53 bits per heavy atom. The Morgan fingerprint density at radius 1 is 0.867 bits per heavy atom. The van der Waals surface area contributed by atoms with Gasteiger partial charge in [-0.1, -0.05) is 42.5 Å². The predicted molar refractivity (Wildman–Crippen MR) is 113 cm³/mol. The van der Waals surface area contributed by atoms with Gasteiger partial charge in [0, 0.05) is 17.6 Å². The van der Waals surface area contributed by atoms with Gasteiger partial charge >= 0.3 is 0 Å². The molecular formula is C23H24N2O5. The van der Waals surface area contributed by atoms with Crippen molar-refractivity contribution in [3.8, 4) is 11.5 Å². The van der Waals surface area contributed by atoms with Crippen LogP contribution in [0.4, 0.5) is 0 Å². The van der Waals surface area contributed by atoms with Crippen molar-refractivity contribution in [2.75, 3.05) is 26.4 Å². The van der Waals surface area contributed by atoms with E-state index < -0.39 is 11.8 Å². The van der Waals surface area contributed by atoms with Crippen LogP contribution in [-0.4, -0.2) is 38.2 Å². The van der Waals surface area contributed by atoms with Crippen molar-refractivity contribution in [3.05, 3.63) is 72.3 Å². The van der Waals surface area contributed by atoms with Gasteiger partial charge in [-0.25, -0.2) is 0 Å². The Balaban J connectivity index is 1.48. The first-order chi connectivity index (χ1) is 14.7. The van der Waals surface area contributed by atoms with Crippen LogP contribution in [-0.2, 0) is 9.53 Å². The van der Waals surface area contributed by atoms with Crippen molar-refractivity contribution in [1.82, 2.24) is 10.9 Å². The standard InChI is InChI=1S/C23H24N2O5/c1-2-28-13-14-29-19-10-5-9-18(15-19)23(27)25-24-22(26)16-30-21-12-6-8-17-7-3-4-11-20(17)21/h3-12,15H,2,13-14,16H2,1H3,(H,24,26)(H,25,27). The summed E-state index contributed by atoms with van der Waals surface area (Å²) < 4.78 is 16.4. The summed E-state index contributed by atoms with van der Waals surface area (Å²) in [7, 11) is 0. The Hall–Kier alpha value is -3.58. The molecule has 0 fully saturated rings. The fourth-order valence-electron chi connectivity index (χ4n) is 2.79. The minimum absolute atomic E-state index is 0.227. The first kappa shape index (κ1) is 21.1. The number of ether oxygens (including phenoxy) is 3. The summed E-state index contributed by atoms with van der Waals surface area (Å²) in [4.78, 5) is 24.3. The summed E-state index contributed by atoms with van der Waals surface area (Å²) in [6, 6.07) is 20.0. The van der Waals surface area contributed by atoms with Crippen LogP contribution in [0.5, 0.6) is 11.5 Å². The SMILES string of the molecule is CCOCCOc1cccc(C(=O)NNC(=O)COc2cccc3ccccc23)c1. The smallest absolute Gasteiger partial charge is 0.276 e. The third-order valence-corrected chi connectivity index (χ3v) is 4.22. The molecule has 7 heteroatoms. The highest BCUT2D eigenvalue weighted by Gasteiger charge is 2.10. The molecule has 0 aromatic heterocycles. The summed E-state index contributed by atoms with van der Waals surface area (Å²) in [5, 5.41) is 1.94. The van der Waals surface area contributed by atoms with Crippen molar-refractivity contribution >= 4 is 22.6 Å². The van der Waals surface area contributed by atoms with E-state index in [4.69, 9.17) is 14.2 Å². The van der Waals surface area contributed by atoms with E-state index in [1.807, 2.05) is 43.3 Å². The minimum atomic E-state index is -0.472. The molecule has 0 heterocycles. The second-order valence-electron chi connectivity index (χ2n) is 6.34. The van der Waals surface area contributed by atoms with Crippen molar-refractivity contribution < 1.29 is 23.8 Å². The minimum Gasteiger partial charge on any atom is -0.491 e. The number of amides is 2. The summed E-state index contributed by atoms with van der Waals surface area (Å²) >= 11 is 0. The Kier molecular flexibility index (Phi) is 7.63. The highest BCUT2D eigenvalue weighted by atomic mass is 16.5. The van der Waals surface area contributed by atoms with Gasteiger partial charge in [0.2, 0.25) is 0 Å². The van der Waals surface area contributed by atoms with Crippen LogP contribution < -0.4 is 20.3 Å². The number of hydrogen-bond acceptors (Lipinski definition) is 5. The molecule has 2 N–H and O–H groups in total. The van der Waals surface area contributed by atoms with Gasteiger partial charge in [0.05, 0.1) is 6.61 Å². The molecule has 30 heavy (non-hydrogen) atoms. The summed E-state index contributed by atoms with van der Waals surface area (Å²) in [6.45, 7) is 3.16. The number of rotatable bonds is 9. The second kappa shape index (κ2) is 10.8. The van der Waals surface area contributed by atoms with E-state index in [9.17, 15) is 9.59 Å². The van der Waals surface area contributed by atoms with E-state index in [1.54, 1.807) is 30.3 Å². The summed E-state index contributed by atoms with van der Waals surface area (Å²) in [5.41, 5.74) is 5.09. The van der Waals surface area contributed by atoms with Crippen LogP contribution >= 0.6 is 0 Å². The third kappa shape index (κ3) is 5.96. The van der Waals surface area contributed by atoms with Gasteiger partial charge in [-0.3, -0.25) is 20.4 Å². The first-order valence-electron chi connectivity index (χ1n) is 9.67. The molecule has 3 aromatic carbocycles. The molecule has 0 spiro atoms. The van der Waals surface area contributed by atoms with E-state index in [0.717, 1.165) is 10.8 Å². The predicted octanol–water partition coefficient (Wildman–Crippen LogP) is 3.10. The quantitative estimate of drug-likeness (QED) is 0.420. The fourth-order valence-corrected chi connectivity index (χ4v) is 2.79. The molecule has 0 atom stereocenters. The summed E-state index contributed by atoms with van der Waals surface area (Å²) in [5.74, 6) is 0.226. The molecule has 3 aromatic rings. The number of nitrogens with one attached hydrogen (secondary N) is 2. The third-order valence-electron chi connectivity index (χ3n) is 4.22. The molecule has 0 aliphatic carbocycles. The lowest BCUT2D eigenvalue weighted by molar-refractivity contribution is -0.123. The van der Waals surface area contributed by atoms with Crippen LogP contribution in [0.1, 0.15) is 17.3 Å². The monoisotopic (exact) mass is 408 g/mol. The highest BCUT2D eigenvalue weighted by Crippen LogP contribution is 2.24. The van der Waals surface area contributed by atoms with Crippen LogP contribution in [0.2, 0.25) is 0 Å². The van der Waals surface area contributed by atoms with Gasteiger partial charge in [0.1, 0.15) is 18.1 Å². The molecule has 0 bridgehead atoms. The van der Waals surface area contributed by atoms with Crippen molar-refractivity contribution in [3.63, 3.8) is 0 Å². The Morgan fingerprint density at radius 2 is 1.67 bits per heavy atom. The normalized spacial score (nSPS) is 10.4.